The van der Waals surface area contributed by atoms with Crippen LogP contribution in [0.5, 0.6) is 11.5 Å². The first-order chi connectivity index (χ1) is 12.6. The van der Waals surface area contributed by atoms with E-state index in [4.69, 9.17) is 4.74 Å². The van der Waals surface area contributed by atoms with E-state index in [1.807, 2.05) is 0 Å². The number of phenols is 1. The predicted molar refractivity (Wildman–Crippen MR) is 95.2 cm³/mol. The molecule has 138 valence electrons. The Balaban J connectivity index is 1.25. The quantitative estimate of drug-likeness (QED) is 0.876. The molecule has 26 heavy (non-hydrogen) atoms. The standard InChI is InChI=1S/C21H23F2NO2/c22-17-2-4-18(5-3-17)26-19-10-15-12-24(13-16(15)11-19)8-7-14-1-6-21(25)20(23)9-14/h1-6,9,15-16,19,25H,7-8,10-13H2/t15-,16+,19?. The molecule has 1 N–H and O–H groups in total. The summed E-state index contributed by atoms with van der Waals surface area (Å²) >= 11 is 0. The molecule has 1 heterocycles. The van der Waals surface area contributed by atoms with Crippen molar-refractivity contribution in [3.63, 3.8) is 0 Å². The van der Waals surface area contributed by atoms with E-state index in [2.05, 4.69) is 4.90 Å². The molecule has 1 unspecified atom stereocenters. The van der Waals surface area contributed by atoms with Crippen molar-refractivity contribution in [1.82, 2.24) is 4.90 Å². The highest BCUT2D eigenvalue weighted by Crippen LogP contribution is 2.39. The number of ether oxygens (including phenoxy) is 1. The highest BCUT2D eigenvalue weighted by atomic mass is 19.1. The Bertz CT molecular complexity index is 751. The summed E-state index contributed by atoms with van der Waals surface area (Å²) < 4.78 is 32.4. The first-order valence-electron chi connectivity index (χ1n) is 9.19. The van der Waals surface area contributed by atoms with Gasteiger partial charge in [-0.05, 0) is 73.1 Å². The molecular weight excluding hydrogens is 336 g/mol. The van der Waals surface area contributed by atoms with Gasteiger partial charge in [0, 0.05) is 19.6 Å². The maximum Gasteiger partial charge on any atom is 0.165 e. The zero-order valence-electron chi connectivity index (χ0n) is 14.6. The summed E-state index contributed by atoms with van der Waals surface area (Å²) in [6.07, 6.45) is 3.06. The van der Waals surface area contributed by atoms with E-state index in [-0.39, 0.29) is 17.7 Å². The van der Waals surface area contributed by atoms with Crippen LogP contribution < -0.4 is 4.74 Å². The topological polar surface area (TPSA) is 32.7 Å². The fourth-order valence-electron chi connectivity index (χ4n) is 4.32. The van der Waals surface area contributed by atoms with Crippen molar-refractivity contribution in [3.05, 3.63) is 59.7 Å². The highest BCUT2D eigenvalue weighted by Gasteiger charge is 2.41. The zero-order chi connectivity index (χ0) is 18.1. The van der Waals surface area contributed by atoms with Crippen LogP contribution in [0.3, 0.4) is 0 Å². The minimum Gasteiger partial charge on any atom is -0.505 e. The molecule has 2 aromatic carbocycles. The number of benzene rings is 2. The maximum absolute atomic E-state index is 13.4. The Morgan fingerprint density at radius 2 is 1.69 bits per heavy atom. The summed E-state index contributed by atoms with van der Waals surface area (Å²) in [7, 11) is 0. The first kappa shape index (κ1) is 17.3. The molecule has 0 radical (unpaired) electrons. The fraction of sp³-hybridized carbons (Fsp3) is 0.429. The summed E-state index contributed by atoms with van der Waals surface area (Å²) in [5.41, 5.74) is 0.912. The molecule has 3 atom stereocenters. The lowest BCUT2D eigenvalue weighted by atomic mass is 10.0. The normalized spacial score (nSPS) is 25.4. The Morgan fingerprint density at radius 1 is 1.00 bits per heavy atom. The molecule has 3 nitrogen and oxygen atoms in total. The van der Waals surface area contributed by atoms with Crippen molar-refractivity contribution in [3.8, 4) is 11.5 Å². The van der Waals surface area contributed by atoms with Crippen LogP contribution in [0.15, 0.2) is 42.5 Å². The molecule has 0 bridgehead atoms. The number of phenolic OH excluding ortho intramolecular Hbond substituents is 1. The van der Waals surface area contributed by atoms with E-state index >= 15 is 0 Å². The number of hydrogen-bond acceptors (Lipinski definition) is 3. The summed E-state index contributed by atoms with van der Waals surface area (Å²) in [4.78, 5) is 2.44. The predicted octanol–water partition coefficient (Wildman–Crippen LogP) is 4.00. The van der Waals surface area contributed by atoms with Gasteiger partial charge in [0.15, 0.2) is 11.6 Å². The van der Waals surface area contributed by atoms with Gasteiger partial charge < -0.3 is 14.7 Å². The third kappa shape index (κ3) is 3.83. The van der Waals surface area contributed by atoms with Crippen molar-refractivity contribution in [2.45, 2.75) is 25.4 Å². The lowest BCUT2D eigenvalue weighted by Gasteiger charge is -2.20. The van der Waals surface area contributed by atoms with Gasteiger partial charge in [-0.25, -0.2) is 8.78 Å². The fourth-order valence-corrected chi connectivity index (χ4v) is 4.32. The largest absolute Gasteiger partial charge is 0.505 e. The van der Waals surface area contributed by atoms with Gasteiger partial charge in [0.2, 0.25) is 0 Å². The summed E-state index contributed by atoms with van der Waals surface area (Å²) in [6, 6.07) is 10.8. The second kappa shape index (κ2) is 7.23. The Morgan fingerprint density at radius 3 is 2.35 bits per heavy atom. The highest BCUT2D eigenvalue weighted by molar-refractivity contribution is 5.28. The lowest BCUT2D eigenvalue weighted by Crippen LogP contribution is -2.26. The molecule has 2 aromatic rings. The maximum atomic E-state index is 13.4. The van der Waals surface area contributed by atoms with Gasteiger partial charge in [-0.15, -0.1) is 0 Å². The van der Waals surface area contributed by atoms with E-state index < -0.39 is 5.82 Å². The molecule has 0 aromatic heterocycles. The SMILES string of the molecule is Oc1ccc(CCN2C[C@H]3CC(Oc4ccc(F)cc4)C[C@H]3C2)cc1F. The number of rotatable bonds is 5. The molecule has 1 saturated carbocycles. The van der Waals surface area contributed by atoms with Crippen molar-refractivity contribution < 1.29 is 18.6 Å². The van der Waals surface area contributed by atoms with Crippen molar-refractivity contribution in [1.29, 1.82) is 0 Å². The summed E-state index contributed by atoms with van der Waals surface area (Å²) in [6.45, 7) is 3.00. The van der Waals surface area contributed by atoms with Gasteiger partial charge in [0.05, 0.1) is 6.10 Å². The average molecular weight is 359 g/mol. The van der Waals surface area contributed by atoms with E-state index in [1.54, 1.807) is 18.2 Å². The number of fused-ring (bicyclic) bond motifs is 1. The van der Waals surface area contributed by atoms with Crippen LogP contribution in [0.2, 0.25) is 0 Å². The van der Waals surface area contributed by atoms with E-state index in [9.17, 15) is 13.9 Å². The molecule has 2 fully saturated rings. The van der Waals surface area contributed by atoms with Crippen molar-refractivity contribution in [2.75, 3.05) is 19.6 Å². The second-order valence-corrected chi connectivity index (χ2v) is 7.48. The zero-order valence-corrected chi connectivity index (χ0v) is 14.6. The number of likely N-dealkylation sites (tertiary alicyclic amines) is 1. The van der Waals surface area contributed by atoms with Crippen LogP contribution in [-0.2, 0) is 6.42 Å². The van der Waals surface area contributed by atoms with Gasteiger partial charge in [-0.2, -0.15) is 0 Å². The molecule has 4 rings (SSSR count). The van der Waals surface area contributed by atoms with Gasteiger partial charge in [-0.3, -0.25) is 0 Å². The van der Waals surface area contributed by atoms with Crippen LogP contribution in [0.1, 0.15) is 18.4 Å². The third-order valence-electron chi connectivity index (χ3n) is 5.63. The van der Waals surface area contributed by atoms with Crippen molar-refractivity contribution >= 4 is 0 Å². The smallest absolute Gasteiger partial charge is 0.165 e. The Labute approximate surface area is 152 Å². The van der Waals surface area contributed by atoms with Crippen LogP contribution in [0.25, 0.3) is 0 Å². The van der Waals surface area contributed by atoms with Crippen LogP contribution in [-0.4, -0.2) is 35.7 Å². The van der Waals surface area contributed by atoms with E-state index in [0.717, 1.165) is 50.2 Å². The van der Waals surface area contributed by atoms with Gasteiger partial charge in [0.1, 0.15) is 11.6 Å². The molecular formula is C21H23F2NO2. The molecule has 1 aliphatic carbocycles. The minimum absolute atomic E-state index is 0.212. The molecule has 1 aliphatic heterocycles. The second-order valence-electron chi connectivity index (χ2n) is 7.48. The number of aromatic hydroxyl groups is 1. The van der Waals surface area contributed by atoms with Crippen molar-refractivity contribution in [2.24, 2.45) is 11.8 Å². The Kier molecular flexibility index (Phi) is 4.81. The minimum atomic E-state index is -0.554. The van der Waals surface area contributed by atoms with Crippen LogP contribution >= 0.6 is 0 Å². The van der Waals surface area contributed by atoms with E-state index in [1.165, 1.54) is 24.3 Å². The molecule has 0 spiro atoms. The summed E-state index contributed by atoms with van der Waals surface area (Å²) in [5.74, 6) is 0.916. The van der Waals surface area contributed by atoms with Crippen LogP contribution in [0, 0.1) is 23.5 Å². The van der Waals surface area contributed by atoms with Gasteiger partial charge in [0.25, 0.3) is 0 Å². The van der Waals surface area contributed by atoms with Crippen LogP contribution in [0.4, 0.5) is 8.78 Å². The number of halogens is 2. The monoisotopic (exact) mass is 359 g/mol. The van der Waals surface area contributed by atoms with E-state index in [0.29, 0.717) is 11.8 Å². The summed E-state index contributed by atoms with van der Waals surface area (Å²) in [5, 5.41) is 9.26. The number of nitrogens with zero attached hydrogens (tertiary/aromatic N) is 1. The third-order valence-corrected chi connectivity index (χ3v) is 5.63. The Hall–Kier alpha value is -2.14. The molecule has 2 aliphatic rings. The average Bonchev–Trinajstić information content (AvgIpc) is 3.16. The first-order valence-corrected chi connectivity index (χ1v) is 9.19. The molecule has 5 heteroatoms. The van der Waals surface area contributed by atoms with Gasteiger partial charge in [-0.1, -0.05) is 6.07 Å². The molecule has 0 amide bonds. The lowest BCUT2D eigenvalue weighted by molar-refractivity contribution is 0.186. The number of hydrogen-bond donors (Lipinski definition) is 1. The molecule has 1 saturated heterocycles. The van der Waals surface area contributed by atoms with Gasteiger partial charge >= 0.3 is 0 Å².